The smallest absolute Gasteiger partial charge is 0.314 e. The van der Waals surface area contributed by atoms with Gasteiger partial charge in [-0.3, -0.25) is 4.79 Å². The number of likely N-dealkylation sites (tertiary alicyclic amines) is 1. The third-order valence-corrected chi connectivity index (χ3v) is 2.50. The van der Waals surface area contributed by atoms with Crippen LogP contribution in [0.3, 0.4) is 0 Å². The average Bonchev–Trinajstić information content (AvgIpc) is 2.18. The van der Waals surface area contributed by atoms with E-state index in [1.807, 2.05) is 4.90 Å². The molecule has 5 nitrogen and oxygen atoms in total. The van der Waals surface area contributed by atoms with E-state index in [2.05, 4.69) is 10.6 Å². The van der Waals surface area contributed by atoms with E-state index < -0.39 is 0 Å². The minimum Gasteiger partial charge on any atom is -0.343 e. The summed E-state index contributed by atoms with van der Waals surface area (Å²) in [7, 11) is 1.60. The van der Waals surface area contributed by atoms with Gasteiger partial charge in [0.05, 0.1) is 0 Å². The summed E-state index contributed by atoms with van der Waals surface area (Å²) in [4.78, 5) is 23.8. The van der Waals surface area contributed by atoms with Crippen LogP contribution in [0.2, 0.25) is 0 Å². The van der Waals surface area contributed by atoms with Crippen molar-refractivity contribution >= 4 is 11.9 Å². The summed E-state index contributed by atoms with van der Waals surface area (Å²) in [5.41, 5.74) is 0. The monoisotopic (exact) mass is 199 g/mol. The molecule has 0 aromatic heterocycles. The summed E-state index contributed by atoms with van der Waals surface area (Å²) in [6, 6.07) is 0.0526. The highest BCUT2D eigenvalue weighted by Crippen LogP contribution is 2.09. The predicted molar refractivity (Wildman–Crippen MR) is 52.9 cm³/mol. The first kappa shape index (κ1) is 10.8. The van der Waals surface area contributed by atoms with Gasteiger partial charge in [0.15, 0.2) is 0 Å². The normalized spacial score (nSPS) is 17.7. The number of piperidine rings is 1. The van der Waals surface area contributed by atoms with Crippen molar-refractivity contribution in [3.63, 3.8) is 0 Å². The summed E-state index contributed by atoms with van der Waals surface area (Å²) in [6.07, 6.45) is 1.68. The van der Waals surface area contributed by atoms with E-state index in [0.717, 1.165) is 25.9 Å². The molecule has 1 rings (SSSR count). The van der Waals surface area contributed by atoms with Gasteiger partial charge < -0.3 is 15.5 Å². The number of nitrogens with one attached hydrogen (secondary N) is 2. The predicted octanol–water partition coefficient (Wildman–Crippen LogP) is -0.0737. The lowest BCUT2D eigenvalue weighted by molar-refractivity contribution is -0.129. The fraction of sp³-hybridized carbons (Fsp3) is 0.778. The Bertz CT molecular complexity index is 222. The third kappa shape index (κ3) is 2.90. The van der Waals surface area contributed by atoms with Crippen LogP contribution in [0.4, 0.5) is 4.79 Å². The number of rotatable bonds is 1. The van der Waals surface area contributed by atoms with Crippen molar-refractivity contribution in [1.82, 2.24) is 15.5 Å². The molecule has 1 aliphatic rings. The Hall–Kier alpha value is -1.26. The molecule has 0 aromatic rings. The molecule has 0 atom stereocenters. The number of amides is 3. The maximum absolute atomic E-state index is 11.0. The Labute approximate surface area is 83.8 Å². The van der Waals surface area contributed by atoms with Crippen molar-refractivity contribution in [3.8, 4) is 0 Å². The zero-order valence-corrected chi connectivity index (χ0v) is 8.67. The highest BCUT2D eigenvalue weighted by Gasteiger charge is 2.21. The summed E-state index contributed by atoms with van der Waals surface area (Å²) >= 11 is 0. The Morgan fingerprint density at radius 2 is 1.86 bits per heavy atom. The van der Waals surface area contributed by atoms with E-state index >= 15 is 0 Å². The van der Waals surface area contributed by atoms with E-state index in [-0.39, 0.29) is 18.0 Å². The van der Waals surface area contributed by atoms with Gasteiger partial charge in [-0.05, 0) is 12.8 Å². The maximum Gasteiger partial charge on any atom is 0.314 e. The van der Waals surface area contributed by atoms with Crippen LogP contribution in [0.1, 0.15) is 19.8 Å². The van der Waals surface area contributed by atoms with Crippen LogP contribution in [-0.4, -0.2) is 43.0 Å². The first-order valence-electron chi connectivity index (χ1n) is 4.87. The van der Waals surface area contributed by atoms with Gasteiger partial charge in [-0.25, -0.2) is 4.79 Å². The molecule has 0 radical (unpaired) electrons. The van der Waals surface area contributed by atoms with E-state index in [1.54, 1.807) is 14.0 Å². The van der Waals surface area contributed by atoms with E-state index in [9.17, 15) is 9.59 Å². The van der Waals surface area contributed by atoms with Gasteiger partial charge in [-0.15, -0.1) is 0 Å². The molecule has 1 aliphatic heterocycles. The molecule has 0 unspecified atom stereocenters. The summed E-state index contributed by atoms with van der Waals surface area (Å²) in [6.45, 7) is 3.06. The summed E-state index contributed by atoms with van der Waals surface area (Å²) in [5, 5.41) is 5.36. The van der Waals surface area contributed by atoms with Crippen LogP contribution in [0.25, 0.3) is 0 Å². The molecular weight excluding hydrogens is 182 g/mol. The molecule has 0 bridgehead atoms. The Kier molecular flexibility index (Phi) is 3.73. The molecule has 3 amide bonds. The van der Waals surface area contributed by atoms with Gasteiger partial charge in [0.2, 0.25) is 5.91 Å². The molecule has 1 saturated heterocycles. The molecule has 5 heteroatoms. The Morgan fingerprint density at radius 3 is 2.29 bits per heavy atom. The van der Waals surface area contributed by atoms with Crippen molar-refractivity contribution < 1.29 is 9.59 Å². The quantitative estimate of drug-likeness (QED) is 0.621. The Balaban J connectivity index is 2.29. The van der Waals surface area contributed by atoms with E-state index in [0.29, 0.717) is 0 Å². The van der Waals surface area contributed by atoms with Crippen molar-refractivity contribution in [1.29, 1.82) is 0 Å². The largest absolute Gasteiger partial charge is 0.343 e. The Morgan fingerprint density at radius 1 is 1.29 bits per heavy atom. The lowest BCUT2D eigenvalue weighted by Crippen LogP contribution is -2.48. The molecule has 1 fully saturated rings. The SMILES string of the molecule is CNC(=O)NC1CCN(C(C)=O)CC1. The molecule has 0 spiro atoms. The highest BCUT2D eigenvalue weighted by atomic mass is 16.2. The van der Waals surface area contributed by atoms with Crippen molar-refractivity contribution in [2.45, 2.75) is 25.8 Å². The number of carbonyl (C=O) groups is 2. The fourth-order valence-corrected chi connectivity index (χ4v) is 1.60. The fourth-order valence-electron chi connectivity index (χ4n) is 1.60. The van der Waals surface area contributed by atoms with Crippen LogP contribution >= 0.6 is 0 Å². The average molecular weight is 199 g/mol. The van der Waals surface area contributed by atoms with Gasteiger partial charge in [0.25, 0.3) is 0 Å². The molecule has 1 heterocycles. The number of hydrogen-bond acceptors (Lipinski definition) is 2. The molecule has 14 heavy (non-hydrogen) atoms. The molecule has 80 valence electrons. The number of urea groups is 1. The second-order valence-corrected chi connectivity index (χ2v) is 3.50. The standard InChI is InChI=1S/C9H17N3O2/c1-7(13)12-5-3-8(4-6-12)11-9(14)10-2/h8H,3-6H2,1-2H3,(H2,10,11,14). The van der Waals surface area contributed by atoms with Crippen LogP contribution in [0, 0.1) is 0 Å². The molecule has 0 aromatic carbocycles. The van der Waals surface area contributed by atoms with Crippen molar-refractivity contribution in [2.24, 2.45) is 0 Å². The number of carbonyl (C=O) groups excluding carboxylic acids is 2. The van der Waals surface area contributed by atoms with Crippen LogP contribution in [-0.2, 0) is 4.79 Å². The zero-order valence-electron chi connectivity index (χ0n) is 8.67. The van der Waals surface area contributed by atoms with Gasteiger partial charge in [-0.1, -0.05) is 0 Å². The summed E-state index contributed by atoms with van der Waals surface area (Å²) < 4.78 is 0. The topological polar surface area (TPSA) is 61.4 Å². The zero-order chi connectivity index (χ0) is 10.6. The van der Waals surface area contributed by atoms with Crippen molar-refractivity contribution in [3.05, 3.63) is 0 Å². The van der Waals surface area contributed by atoms with Gasteiger partial charge in [0, 0.05) is 33.1 Å². The van der Waals surface area contributed by atoms with Crippen LogP contribution in [0.5, 0.6) is 0 Å². The van der Waals surface area contributed by atoms with Gasteiger partial charge in [0.1, 0.15) is 0 Å². The van der Waals surface area contributed by atoms with Gasteiger partial charge in [-0.2, -0.15) is 0 Å². The van der Waals surface area contributed by atoms with E-state index in [1.165, 1.54) is 0 Å². The first-order chi connectivity index (χ1) is 6.63. The first-order valence-corrected chi connectivity index (χ1v) is 4.87. The minimum atomic E-state index is -0.147. The second-order valence-electron chi connectivity index (χ2n) is 3.50. The van der Waals surface area contributed by atoms with Crippen LogP contribution in [0.15, 0.2) is 0 Å². The second kappa shape index (κ2) is 4.83. The number of nitrogens with zero attached hydrogens (tertiary/aromatic N) is 1. The third-order valence-electron chi connectivity index (χ3n) is 2.50. The maximum atomic E-state index is 11.0. The van der Waals surface area contributed by atoms with Crippen LogP contribution < -0.4 is 10.6 Å². The lowest BCUT2D eigenvalue weighted by atomic mass is 10.1. The van der Waals surface area contributed by atoms with E-state index in [4.69, 9.17) is 0 Å². The molecule has 0 saturated carbocycles. The lowest BCUT2D eigenvalue weighted by Gasteiger charge is -2.31. The summed E-state index contributed by atoms with van der Waals surface area (Å²) in [5.74, 6) is 0.114. The molecular formula is C9H17N3O2. The molecule has 0 aliphatic carbocycles. The number of hydrogen-bond donors (Lipinski definition) is 2. The van der Waals surface area contributed by atoms with Crippen molar-refractivity contribution in [2.75, 3.05) is 20.1 Å². The molecule has 2 N–H and O–H groups in total. The van der Waals surface area contributed by atoms with Gasteiger partial charge >= 0.3 is 6.03 Å². The highest BCUT2D eigenvalue weighted by molar-refractivity contribution is 5.74. The minimum absolute atomic E-state index is 0.114.